The molecule has 0 saturated heterocycles. The summed E-state index contributed by atoms with van der Waals surface area (Å²) in [6.45, 7) is 13.6. The molecule has 1 aromatic rings. The second-order valence-corrected chi connectivity index (χ2v) is 5.76. The molecule has 0 fully saturated rings. The van der Waals surface area contributed by atoms with Crippen molar-refractivity contribution in [3.63, 3.8) is 0 Å². The Kier molecular flexibility index (Phi) is 11.7. The van der Waals surface area contributed by atoms with Gasteiger partial charge in [-0.1, -0.05) is 40.3 Å². The molecule has 0 saturated carbocycles. The van der Waals surface area contributed by atoms with Crippen molar-refractivity contribution >= 4 is 17.9 Å². The highest BCUT2D eigenvalue weighted by Gasteiger charge is 2.06. The molecule has 0 amide bonds. The third-order valence-corrected chi connectivity index (χ3v) is 3.05. The first kappa shape index (κ1) is 23.6. The Morgan fingerprint density at radius 2 is 1.17 bits per heavy atom. The summed E-state index contributed by atoms with van der Waals surface area (Å²) in [7, 11) is 0. The molecule has 0 bridgehead atoms. The maximum Gasteiger partial charge on any atom is 0.335 e. The molecule has 0 atom stereocenters. The van der Waals surface area contributed by atoms with E-state index in [-0.39, 0.29) is 16.7 Å². The molecule has 0 heterocycles. The molecule has 3 N–H and O–H groups in total. The Labute approximate surface area is 142 Å². The van der Waals surface area contributed by atoms with Gasteiger partial charge in [-0.3, -0.25) is 0 Å². The largest absolute Gasteiger partial charge is 0.478 e. The van der Waals surface area contributed by atoms with E-state index in [9.17, 15) is 14.4 Å². The smallest absolute Gasteiger partial charge is 0.335 e. The fourth-order valence-corrected chi connectivity index (χ4v) is 0.785. The first-order chi connectivity index (χ1) is 10.9. The van der Waals surface area contributed by atoms with E-state index in [4.69, 9.17) is 15.3 Å². The van der Waals surface area contributed by atoms with E-state index < -0.39 is 17.9 Å². The summed E-state index contributed by atoms with van der Waals surface area (Å²) >= 11 is 0. The molecule has 0 spiro atoms. The Morgan fingerprint density at radius 1 is 0.875 bits per heavy atom. The second kappa shape index (κ2) is 11.9. The maximum absolute atomic E-state index is 10.4. The molecule has 134 valence electrons. The Balaban J connectivity index is 0. The van der Waals surface area contributed by atoms with Crippen LogP contribution < -0.4 is 0 Å². The van der Waals surface area contributed by atoms with E-state index in [0.29, 0.717) is 0 Å². The number of carboxylic acid groups (broad SMARTS) is 3. The summed E-state index contributed by atoms with van der Waals surface area (Å²) in [4.78, 5) is 30.4. The summed E-state index contributed by atoms with van der Waals surface area (Å²) < 4.78 is 0. The van der Waals surface area contributed by atoms with Crippen molar-refractivity contribution < 1.29 is 29.7 Å². The van der Waals surface area contributed by atoms with E-state index >= 15 is 0 Å². The van der Waals surface area contributed by atoms with Gasteiger partial charge < -0.3 is 15.3 Å². The van der Waals surface area contributed by atoms with Crippen LogP contribution in [0.3, 0.4) is 0 Å². The molecule has 0 unspecified atom stereocenters. The van der Waals surface area contributed by atoms with Crippen molar-refractivity contribution in [3.05, 3.63) is 47.5 Å². The molecule has 6 heteroatoms. The van der Waals surface area contributed by atoms with Crippen LogP contribution >= 0.6 is 0 Å². The summed E-state index contributed by atoms with van der Waals surface area (Å²) in [5.41, 5.74) is 0.139. The monoisotopic (exact) mass is 338 g/mol. The van der Waals surface area contributed by atoms with Gasteiger partial charge in [0.1, 0.15) is 0 Å². The van der Waals surface area contributed by atoms with E-state index in [1.807, 2.05) is 0 Å². The van der Waals surface area contributed by atoms with Gasteiger partial charge >= 0.3 is 17.9 Å². The third-order valence-electron chi connectivity index (χ3n) is 3.05. The van der Waals surface area contributed by atoms with Crippen LogP contribution in [-0.4, -0.2) is 33.2 Å². The van der Waals surface area contributed by atoms with Crippen LogP contribution in [0.2, 0.25) is 0 Å². The molecule has 6 nitrogen and oxygen atoms in total. The van der Waals surface area contributed by atoms with Crippen LogP contribution in [0.5, 0.6) is 0 Å². The number of carbonyl (C=O) groups is 3. The number of aromatic carboxylic acids is 2. The normalized spacial score (nSPS) is 9.29. The number of rotatable bonds is 4. The van der Waals surface area contributed by atoms with Crippen LogP contribution in [0.25, 0.3) is 0 Å². The average molecular weight is 338 g/mol. The average Bonchev–Trinajstić information content (AvgIpc) is 2.48. The minimum atomic E-state index is -1.13. The molecule has 1 rings (SSSR count). The number of hydrogen-bond donors (Lipinski definition) is 3. The molecule has 0 aliphatic carbocycles. The van der Waals surface area contributed by atoms with Gasteiger partial charge in [0.2, 0.25) is 0 Å². The van der Waals surface area contributed by atoms with Crippen LogP contribution in [0.15, 0.2) is 36.4 Å². The summed E-state index contributed by atoms with van der Waals surface area (Å²) in [5, 5.41) is 24.9. The molecule has 1 aromatic carbocycles. The molecular weight excluding hydrogens is 312 g/mol. The summed E-state index contributed by atoms with van der Waals surface area (Å²) in [6, 6.07) is 5.20. The summed E-state index contributed by atoms with van der Waals surface area (Å²) in [6.07, 6.45) is 0. The lowest BCUT2D eigenvalue weighted by molar-refractivity contribution is -0.132. The molecular formula is C18H26O6. The lowest BCUT2D eigenvalue weighted by atomic mass is 10.0. The van der Waals surface area contributed by atoms with Gasteiger partial charge in [-0.25, -0.2) is 14.4 Å². The van der Waals surface area contributed by atoms with Gasteiger partial charge in [-0.15, -0.1) is 0 Å². The van der Waals surface area contributed by atoms with Crippen LogP contribution in [0, 0.1) is 11.8 Å². The Hall–Kier alpha value is -2.63. The highest BCUT2D eigenvalue weighted by molar-refractivity contribution is 5.93. The van der Waals surface area contributed by atoms with Crippen molar-refractivity contribution in [2.24, 2.45) is 11.8 Å². The SMILES string of the molecule is C=C(C)C(=O)O.CC(C)C(C)C.O=C(O)c1cccc(C(=O)O)c1. The van der Waals surface area contributed by atoms with E-state index in [1.165, 1.54) is 25.1 Å². The Bertz CT molecular complexity index is 525. The zero-order valence-corrected chi connectivity index (χ0v) is 14.7. The van der Waals surface area contributed by atoms with Gasteiger partial charge in [0.15, 0.2) is 0 Å². The molecule has 24 heavy (non-hydrogen) atoms. The van der Waals surface area contributed by atoms with Gasteiger partial charge in [0.05, 0.1) is 11.1 Å². The van der Waals surface area contributed by atoms with E-state index in [1.54, 1.807) is 0 Å². The van der Waals surface area contributed by atoms with Crippen LogP contribution in [0.1, 0.15) is 55.3 Å². The van der Waals surface area contributed by atoms with Crippen molar-refractivity contribution in [1.29, 1.82) is 0 Å². The summed E-state index contributed by atoms with van der Waals surface area (Å²) in [5.74, 6) is -1.49. The lowest BCUT2D eigenvalue weighted by Crippen LogP contribution is -2.01. The molecule has 0 aliphatic rings. The quantitative estimate of drug-likeness (QED) is 0.715. The van der Waals surface area contributed by atoms with Crippen LogP contribution in [0.4, 0.5) is 0 Å². The van der Waals surface area contributed by atoms with Crippen molar-refractivity contribution in [2.45, 2.75) is 34.6 Å². The van der Waals surface area contributed by atoms with E-state index in [0.717, 1.165) is 17.9 Å². The standard InChI is InChI=1S/C8H6O4.C6H14.C4H6O2/c9-7(10)5-2-1-3-6(4-5)8(11)12;1-5(2)6(3)4;1-3(2)4(5)6/h1-4H,(H,9,10)(H,11,12);5-6H,1-4H3;1H2,2H3,(H,5,6). The zero-order valence-electron chi connectivity index (χ0n) is 14.7. The van der Waals surface area contributed by atoms with E-state index in [2.05, 4.69) is 34.3 Å². The number of carboxylic acids is 3. The molecule has 0 radical (unpaired) electrons. The van der Waals surface area contributed by atoms with Crippen molar-refractivity contribution in [3.8, 4) is 0 Å². The minimum Gasteiger partial charge on any atom is -0.478 e. The predicted octanol–water partition coefficient (Wildman–Crippen LogP) is 4.03. The number of aliphatic carboxylic acids is 1. The lowest BCUT2D eigenvalue weighted by Gasteiger charge is -2.05. The van der Waals surface area contributed by atoms with Gasteiger partial charge in [0, 0.05) is 5.57 Å². The third kappa shape index (κ3) is 12.0. The molecule has 0 aliphatic heterocycles. The van der Waals surface area contributed by atoms with Gasteiger partial charge in [-0.2, -0.15) is 0 Å². The first-order valence-corrected chi connectivity index (χ1v) is 7.35. The van der Waals surface area contributed by atoms with Crippen molar-refractivity contribution in [2.75, 3.05) is 0 Å². The topological polar surface area (TPSA) is 112 Å². The Morgan fingerprint density at radius 3 is 1.33 bits per heavy atom. The highest BCUT2D eigenvalue weighted by atomic mass is 16.4. The number of benzene rings is 1. The highest BCUT2D eigenvalue weighted by Crippen LogP contribution is 2.06. The fourth-order valence-electron chi connectivity index (χ4n) is 0.785. The van der Waals surface area contributed by atoms with Crippen molar-refractivity contribution in [1.82, 2.24) is 0 Å². The predicted molar refractivity (Wildman–Crippen MR) is 92.5 cm³/mol. The fraction of sp³-hybridized carbons (Fsp3) is 0.389. The zero-order chi connectivity index (χ0) is 19.4. The van der Waals surface area contributed by atoms with Crippen LogP contribution in [-0.2, 0) is 4.79 Å². The van der Waals surface area contributed by atoms with Gasteiger partial charge in [-0.05, 0) is 37.0 Å². The maximum atomic E-state index is 10.4. The number of hydrogen-bond acceptors (Lipinski definition) is 3. The first-order valence-electron chi connectivity index (χ1n) is 7.35. The second-order valence-electron chi connectivity index (χ2n) is 5.76. The van der Waals surface area contributed by atoms with Gasteiger partial charge in [0.25, 0.3) is 0 Å². The minimum absolute atomic E-state index is 0.0186. The molecule has 0 aromatic heterocycles.